The normalized spacial score (nSPS) is 15.1. The molecule has 0 spiro atoms. The maximum Gasteiger partial charge on any atom is 0.306 e. The minimum Gasteiger partial charge on any atom is -0.456 e. The van der Waals surface area contributed by atoms with Crippen LogP contribution in [0.15, 0.2) is 6.20 Å². The molecule has 132 valence electrons. The molecule has 1 saturated carbocycles. The fourth-order valence-corrected chi connectivity index (χ4v) is 3.22. The van der Waals surface area contributed by atoms with Gasteiger partial charge < -0.3 is 10.1 Å². The molecule has 24 heavy (non-hydrogen) atoms. The first-order valence-corrected chi connectivity index (χ1v) is 8.99. The lowest BCUT2D eigenvalue weighted by Gasteiger charge is -2.20. The van der Waals surface area contributed by atoms with E-state index in [9.17, 15) is 9.59 Å². The summed E-state index contributed by atoms with van der Waals surface area (Å²) in [5.41, 5.74) is 0.633. The third-order valence-corrected chi connectivity index (χ3v) is 5.15. The summed E-state index contributed by atoms with van der Waals surface area (Å²) in [5.74, 6) is 0.00111. The van der Waals surface area contributed by atoms with Gasteiger partial charge in [-0.1, -0.05) is 55.3 Å². The van der Waals surface area contributed by atoms with Crippen molar-refractivity contribution in [3.8, 4) is 0 Å². The predicted octanol–water partition coefficient (Wildman–Crippen LogP) is 4.54. The zero-order chi connectivity index (χ0) is 17.5. The van der Waals surface area contributed by atoms with Gasteiger partial charge in [-0.25, -0.2) is 4.98 Å². The minimum atomic E-state index is -0.475. The summed E-state index contributed by atoms with van der Waals surface area (Å²) < 4.78 is 5.01. The van der Waals surface area contributed by atoms with E-state index in [0.29, 0.717) is 22.9 Å². The first kappa shape index (κ1) is 19.0. The van der Waals surface area contributed by atoms with Crippen molar-refractivity contribution in [3.05, 3.63) is 21.8 Å². The lowest BCUT2D eigenvalue weighted by Crippen LogP contribution is -2.22. The van der Waals surface area contributed by atoms with Crippen molar-refractivity contribution < 1.29 is 14.3 Å². The average Bonchev–Trinajstić information content (AvgIpc) is 2.59. The number of nitrogens with one attached hydrogen (secondary N) is 1. The van der Waals surface area contributed by atoms with Crippen LogP contribution in [-0.4, -0.2) is 23.5 Å². The number of anilines is 1. The minimum absolute atomic E-state index is 0.210. The number of pyridine rings is 1. The molecule has 1 aromatic rings. The average molecular weight is 373 g/mol. The van der Waals surface area contributed by atoms with Crippen LogP contribution in [0.2, 0.25) is 10.0 Å². The fraction of sp³-hybridized carbons (Fsp3) is 0.588. The molecule has 0 radical (unpaired) electrons. The largest absolute Gasteiger partial charge is 0.456 e. The van der Waals surface area contributed by atoms with Crippen LogP contribution in [0.4, 0.5) is 5.82 Å². The standard InChI is InChI=1S/C17H22Cl2N2O3/c1-11-13(18)9-20-17(16(11)19)21-14(22)10-24-15(23)8-7-12-5-3-2-4-6-12/h9,12H,2-8,10H2,1H3,(H,20,21,22). The number of amides is 1. The van der Waals surface area contributed by atoms with E-state index in [2.05, 4.69) is 10.3 Å². The maximum atomic E-state index is 11.9. The van der Waals surface area contributed by atoms with Gasteiger partial charge in [0.05, 0.1) is 10.0 Å². The Labute approximate surface area is 152 Å². The van der Waals surface area contributed by atoms with Gasteiger partial charge in [0.25, 0.3) is 5.91 Å². The maximum absolute atomic E-state index is 11.9. The third kappa shape index (κ3) is 5.64. The highest BCUT2D eigenvalue weighted by Gasteiger charge is 2.17. The highest BCUT2D eigenvalue weighted by molar-refractivity contribution is 6.37. The molecule has 1 fully saturated rings. The molecule has 0 saturated heterocycles. The summed E-state index contributed by atoms with van der Waals surface area (Å²) in [6, 6.07) is 0. The van der Waals surface area contributed by atoms with Crippen LogP contribution in [0.5, 0.6) is 0 Å². The van der Waals surface area contributed by atoms with Gasteiger partial charge in [-0.15, -0.1) is 0 Å². The molecule has 1 heterocycles. The van der Waals surface area contributed by atoms with Crippen molar-refractivity contribution in [2.24, 2.45) is 5.92 Å². The topological polar surface area (TPSA) is 68.3 Å². The lowest BCUT2D eigenvalue weighted by atomic mass is 9.86. The molecular weight excluding hydrogens is 351 g/mol. The van der Waals surface area contributed by atoms with E-state index in [4.69, 9.17) is 27.9 Å². The number of ether oxygens (including phenoxy) is 1. The lowest BCUT2D eigenvalue weighted by molar-refractivity contribution is -0.147. The van der Waals surface area contributed by atoms with E-state index in [1.165, 1.54) is 38.3 Å². The zero-order valence-corrected chi connectivity index (χ0v) is 15.3. The van der Waals surface area contributed by atoms with Crippen LogP contribution < -0.4 is 5.32 Å². The molecule has 7 heteroatoms. The summed E-state index contributed by atoms with van der Waals surface area (Å²) in [4.78, 5) is 27.6. The highest BCUT2D eigenvalue weighted by Crippen LogP contribution is 2.29. The van der Waals surface area contributed by atoms with Crippen molar-refractivity contribution in [1.29, 1.82) is 0 Å². The number of hydrogen-bond acceptors (Lipinski definition) is 4. The van der Waals surface area contributed by atoms with E-state index in [1.54, 1.807) is 6.92 Å². The molecule has 0 aliphatic heterocycles. The van der Waals surface area contributed by atoms with Crippen molar-refractivity contribution in [2.45, 2.75) is 51.9 Å². The first-order chi connectivity index (χ1) is 11.5. The van der Waals surface area contributed by atoms with Gasteiger partial charge in [-0.3, -0.25) is 9.59 Å². The molecule has 0 atom stereocenters. The number of nitrogens with zero attached hydrogens (tertiary/aromatic N) is 1. The Balaban J connectivity index is 1.72. The Morgan fingerprint density at radius 3 is 2.71 bits per heavy atom. The van der Waals surface area contributed by atoms with E-state index >= 15 is 0 Å². The molecule has 5 nitrogen and oxygen atoms in total. The van der Waals surface area contributed by atoms with Crippen LogP contribution in [0.3, 0.4) is 0 Å². The van der Waals surface area contributed by atoms with Crippen LogP contribution in [-0.2, 0) is 14.3 Å². The monoisotopic (exact) mass is 372 g/mol. The molecule has 0 unspecified atom stereocenters. The smallest absolute Gasteiger partial charge is 0.306 e. The van der Waals surface area contributed by atoms with Gasteiger partial charge in [0.15, 0.2) is 12.4 Å². The Hall–Kier alpha value is -1.33. The quantitative estimate of drug-likeness (QED) is 0.744. The number of rotatable bonds is 6. The Kier molecular flexibility index (Phi) is 7.31. The van der Waals surface area contributed by atoms with E-state index in [1.807, 2.05) is 0 Å². The molecule has 0 aromatic carbocycles. The molecule has 1 amide bonds. The Bertz CT molecular complexity index is 602. The van der Waals surface area contributed by atoms with Gasteiger partial charge in [-0.05, 0) is 24.8 Å². The molecule has 2 rings (SSSR count). The molecule has 1 aliphatic carbocycles. The second-order valence-corrected chi connectivity index (χ2v) is 6.93. The summed E-state index contributed by atoms with van der Waals surface area (Å²) in [5, 5.41) is 3.22. The van der Waals surface area contributed by atoms with E-state index in [-0.39, 0.29) is 23.4 Å². The SMILES string of the molecule is Cc1c(Cl)cnc(NC(=O)COC(=O)CCC2CCCCC2)c1Cl. The predicted molar refractivity (Wildman–Crippen MR) is 94.4 cm³/mol. The molecule has 0 bridgehead atoms. The second kappa shape index (κ2) is 9.23. The van der Waals surface area contributed by atoms with Crippen LogP contribution in [0.1, 0.15) is 50.5 Å². The van der Waals surface area contributed by atoms with Gasteiger partial charge in [0.1, 0.15) is 0 Å². The Morgan fingerprint density at radius 2 is 2.00 bits per heavy atom. The van der Waals surface area contributed by atoms with Crippen molar-refractivity contribution in [2.75, 3.05) is 11.9 Å². The molecular formula is C17H22Cl2N2O3. The number of esters is 1. The highest BCUT2D eigenvalue weighted by atomic mass is 35.5. The van der Waals surface area contributed by atoms with Crippen molar-refractivity contribution in [1.82, 2.24) is 4.98 Å². The molecule has 1 aromatic heterocycles. The summed E-state index contributed by atoms with van der Waals surface area (Å²) in [6.07, 6.45) is 8.77. The fourth-order valence-electron chi connectivity index (χ4n) is 2.83. The summed E-state index contributed by atoms with van der Waals surface area (Å²) in [7, 11) is 0. The third-order valence-electron chi connectivity index (χ3n) is 4.31. The van der Waals surface area contributed by atoms with E-state index < -0.39 is 5.91 Å². The first-order valence-electron chi connectivity index (χ1n) is 8.23. The number of aromatic nitrogens is 1. The molecule has 1 N–H and O–H groups in total. The van der Waals surface area contributed by atoms with Crippen LogP contribution >= 0.6 is 23.2 Å². The van der Waals surface area contributed by atoms with Crippen molar-refractivity contribution in [3.63, 3.8) is 0 Å². The number of halogens is 2. The van der Waals surface area contributed by atoms with Gasteiger partial charge >= 0.3 is 5.97 Å². The van der Waals surface area contributed by atoms with E-state index in [0.717, 1.165) is 6.42 Å². The van der Waals surface area contributed by atoms with Gasteiger partial charge in [0, 0.05) is 12.6 Å². The zero-order valence-electron chi connectivity index (χ0n) is 13.7. The number of hydrogen-bond donors (Lipinski definition) is 1. The summed E-state index contributed by atoms with van der Waals surface area (Å²) >= 11 is 12.0. The van der Waals surface area contributed by atoms with Crippen LogP contribution in [0.25, 0.3) is 0 Å². The molecule has 1 aliphatic rings. The second-order valence-electron chi connectivity index (χ2n) is 6.15. The number of carbonyl (C=O) groups excluding carboxylic acids is 2. The van der Waals surface area contributed by atoms with Gasteiger partial charge in [-0.2, -0.15) is 0 Å². The van der Waals surface area contributed by atoms with Crippen molar-refractivity contribution >= 4 is 40.9 Å². The number of carbonyl (C=O) groups is 2. The van der Waals surface area contributed by atoms with Crippen LogP contribution in [0, 0.1) is 12.8 Å². The summed E-state index contributed by atoms with van der Waals surface area (Å²) in [6.45, 7) is 1.39. The van der Waals surface area contributed by atoms with Gasteiger partial charge in [0.2, 0.25) is 0 Å². The Morgan fingerprint density at radius 1 is 1.29 bits per heavy atom.